The molecule has 128 valence electrons. The van der Waals surface area contributed by atoms with E-state index in [2.05, 4.69) is 10.4 Å². The van der Waals surface area contributed by atoms with Crippen molar-refractivity contribution in [1.82, 2.24) is 9.78 Å². The van der Waals surface area contributed by atoms with Crippen LogP contribution in [0.1, 0.15) is 27.2 Å². The highest BCUT2D eigenvalue weighted by Gasteiger charge is 2.35. The summed E-state index contributed by atoms with van der Waals surface area (Å²) in [5.41, 5.74) is 0.262. The average molecular weight is 334 g/mol. The van der Waals surface area contributed by atoms with Crippen LogP contribution in [0.25, 0.3) is 0 Å². The molecule has 1 amide bonds. The number of amides is 1. The van der Waals surface area contributed by atoms with Crippen molar-refractivity contribution >= 4 is 17.3 Å². The predicted molar refractivity (Wildman–Crippen MR) is 88.0 cm³/mol. The molecule has 1 aromatic carbocycles. The topological polar surface area (TPSA) is 50.2 Å². The van der Waals surface area contributed by atoms with Gasteiger partial charge in [-0.05, 0) is 39.3 Å². The van der Waals surface area contributed by atoms with Gasteiger partial charge in [0, 0.05) is 12.7 Å². The minimum Gasteiger partial charge on any atom is -0.371 e. The van der Waals surface area contributed by atoms with Crippen molar-refractivity contribution in [2.75, 3.05) is 16.8 Å². The molecule has 7 heteroatoms. The van der Waals surface area contributed by atoms with Crippen LogP contribution in [0.5, 0.6) is 0 Å². The Labute approximate surface area is 139 Å². The van der Waals surface area contributed by atoms with Crippen LogP contribution in [0.3, 0.4) is 0 Å². The Balaban J connectivity index is 1.76. The lowest BCUT2D eigenvalue weighted by Gasteiger charge is -2.19. The van der Waals surface area contributed by atoms with Crippen LogP contribution < -0.4 is 10.2 Å². The molecular formula is C17H20F2N4O. The van der Waals surface area contributed by atoms with E-state index in [4.69, 9.17) is 0 Å². The monoisotopic (exact) mass is 334 g/mol. The number of hydrogen-bond acceptors (Lipinski definition) is 3. The summed E-state index contributed by atoms with van der Waals surface area (Å²) in [5.74, 6) is -1.81. The number of aromatic nitrogens is 2. The third-order valence-electron chi connectivity index (χ3n) is 4.02. The molecule has 3 rings (SSSR count). The van der Waals surface area contributed by atoms with Gasteiger partial charge in [-0.3, -0.25) is 9.48 Å². The number of para-hydroxylation sites is 1. The number of anilines is 2. The second-order valence-corrected chi connectivity index (χ2v) is 6.89. The maximum absolute atomic E-state index is 13.9. The fourth-order valence-electron chi connectivity index (χ4n) is 2.75. The van der Waals surface area contributed by atoms with Gasteiger partial charge in [-0.1, -0.05) is 6.07 Å². The predicted octanol–water partition coefficient (Wildman–Crippen LogP) is 3.13. The number of carbonyl (C=O) groups is 1. The van der Waals surface area contributed by atoms with Crippen molar-refractivity contribution in [3.63, 3.8) is 0 Å². The van der Waals surface area contributed by atoms with Gasteiger partial charge in [-0.2, -0.15) is 5.10 Å². The SMILES string of the molecule is CC(C)(C)n1cc(N[C@H]2CCN(c3c(F)cccc3F)C2=O)cn1. The van der Waals surface area contributed by atoms with Crippen LogP contribution in [0, 0.1) is 11.6 Å². The van der Waals surface area contributed by atoms with E-state index in [1.807, 2.05) is 27.0 Å². The Morgan fingerprint density at radius 2 is 1.92 bits per heavy atom. The molecule has 5 nitrogen and oxygen atoms in total. The summed E-state index contributed by atoms with van der Waals surface area (Å²) < 4.78 is 29.6. The Morgan fingerprint density at radius 1 is 1.25 bits per heavy atom. The first kappa shape index (κ1) is 16.4. The van der Waals surface area contributed by atoms with E-state index < -0.39 is 17.7 Å². The largest absolute Gasteiger partial charge is 0.371 e. The number of benzene rings is 1. The molecule has 1 N–H and O–H groups in total. The van der Waals surface area contributed by atoms with Crippen LogP contribution in [-0.4, -0.2) is 28.3 Å². The molecule has 0 radical (unpaired) electrons. The molecule has 2 aromatic rings. The first-order valence-electron chi connectivity index (χ1n) is 7.84. The van der Waals surface area contributed by atoms with E-state index in [1.165, 1.54) is 6.07 Å². The summed E-state index contributed by atoms with van der Waals surface area (Å²) in [6, 6.07) is 3.06. The van der Waals surface area contributed by atoms with Crippen LogP contribution in [0.4, 0.5) is 20.2 Å². The molecular weight excluding hydrogens is 314 g/mol. The highest BCUT2D eigenvalue weighted by atomic mass is 19.1. The van der Waals surface area contributed by atoms with Gasteiger partial charge >= 0.3 is 0 Å². The Hall–Kier alpha value is -2.44. The number of hydrogen-bond donors (Lipinski definition) is 1. The van der Waals surface area contributed by atoms with Crippen molar-refractivity contribution < 1.29 is 13.6 Å². The van der Waals surface area contributed by atoms with Gasteiger partial charge < -0.3 is 10.2 Å². The van der Waals surface area contributed by atoms with Gasteiger partial charge in [0.1, 0.15) is 23.4 Å². The van der Waals surface area contributed by atoms with Crippen molar-refractivity contribution in [2.24, 2.45) is 0 Å². The second-order valence-electron chi connectivity index (χ2n) is 6.89. The van der Waals surface area contributed by atoms with Crippen molar-refractivity contribution in [2.45, 2.75) is 38.8 Å². The fourth-order valence-corrected chi connectivity index (χ4v) is 2.75. The molecule has 0 spiro atoms. The number of nitrogens with one attached hydrogen (secondary N) is 1. The molecule has 1 fully saturated rings. The van der Waals surface area contributed by atoms with Crippen molar-refractivity contribution in [3.05, 3.63) is 42.2 Å². The van der Waals surface area contributed by atoms with Gasteiger partial charge in [-0.15, -0.1) is 0 Å². The fraction of sp³-hybridized carbons (Fsp3) is 0.412. The average Bonchev–Trinajstić information content (AvgIpc) is 3.09. The van der Waals surface area contributed by atoms with Crippen LogP contribution in [0.15, 0.2) is 30.6 Å². The first-order valence-corrected chi connectivity index (χ1v) is 7.84. The summed E-state index contributed by atoms with van der Waals surface area (Å²) in [7, 11) is 0. The molecule has 0 aliphatic carbocycles. The maximum Gasteiger partial charge on any atom is 0.249 e. The van der Waals surface area contributed by atoms with E-state index in [9.17, 15) is 13.6 Å². The molecule has 1 atom stereocenters. The molecule has 1 aromatic heterocycles. The van der Waals surface area contributed by atoms with Gasteiger partial charge in [0.2, 0.25) is 5.91 Å². The summed E-state index contributed by atoms with van der Waals surface area (Å²) >= 11 is 0. The highest BCUT2D eigenvalue weighted by molar-refractivity contribution is 6.01. The van der Waals surface area contributed by atoms with E-state index in [0.29, 0.717) is 12.1 Å². The lowest BCUT2D eigenvalue weighted by atomic mass is 10.1. The lowest BCUT2D eigenvalue weighted by molar-refractivity contribution is -0.117. The minimum atomic E-state index is -0.732. The normalized spacial score (nSPS) is 18.3. The smallest absolute Gasteiger partial charge is 0.249 e. The zero-order valence-corrected chi connectivity index (χ0v) is 13.9. The first-order chi connectivity index (χ1) is 11.3. The zero-order valence-electron chi connectivity index (χ0n) is 13.9. The Bertz CT molecular complexity index is 746. The zero-order chi connectivity index (χ0) is 17.5. The second kappa shape index (κ2) is 5.89. The Morgan fingerprint density at radius 3 is 2.50 bits per heavy atom. The van der Waals surface area contributed by atoms with E-state index >= 15 is 0 Å². The van der Waals surface area contributed by atoms with E-state index in [-0.39, 0.29) is 23.7 Å². The molecule has 1 aliphatic rings. The number of nitrogens with zero attached hydrogens (tertiary/aromatic N) is 3. The molecule has 24 heavy (non-hydrogen) atoms. The van der Waals surface area contributed by atoms with Gasteiger partial charge in [0.25, 0.3) is 0 Å². The molecule has 0 unspecified atom stereocenters. The maximum atomic E-state index is 13.9. The van der Waals surface area contributed by atoms with Crippen LogP contribution >= 0.6 is 0 Å². The standard InChI is InChI=1S/C17H20F2N4O/c1-17(2,3)23-10-11(9-20-23)21-14-7-8-22(16(14)24)15-12(18)5-4-6-13(15)19/h4-6,9-10,14,21H,7-8H2,1-3H3/t14-/m0/s1. The minimum absolute atomic E-state index is 0.165. The molecule has 0 bridgehead atoms. The summed E-state index contributed by atoms with van der Waals surface area (Å²) in [6.07, 6.45) is 3.93. The number of carbonyl (C=O) groups excluding carboxylic acids is 1. The molecule has 1 saturated heterocycles. The van der Waals surface area contributed by atoms with Crippen molar-refractivity contribution in [3.8, 4) is 0 Å². The highest BCUT2D eigenvalue weighted by Crippen LogP contribution is 2.29. The molecule has 2 heterocycles. The molecule has 1 aliphatic heterocycles. The number of halogens is 2. The van der Waals surface area contributed by atoms with E-state index in [1.54, 1.807) is 10.9 Å². The van der Waals surface area contributed by atoms with Crippen molar-refractivity contribution in [1.29, 1.82) is 0 Å². The van der Waals surface area contributed by atoms with Gasteiger partial charge in [-0.25, -0.2) is 8.78 Å². The Kier molecular flexibility index (Phi) is 4.03. The summed E-state index contributed by atoms with van der Waals surface area (Å²) in [5, 5.41) is 7.37. The summed E-state index contributed by atoms with van der Waals surface area (Å²) in [4.78, 5) is 13.7. The van der Waals surface area contributed by atoms with Crippen LogP contribution in [0.2, 0.25) is 0 Å². The van der Waals surface area contributed by atoms with Gasteiger partial charge in [0.15, 0.2) is 0 Å². The number of rotatable bonds is 3. The quantitative estimate of drug-likeness (QED) is 0.938. The summed E-state index contributed by atoms with van der Waals surface area (Å²) in [6.45, 7) is 6.33. The van der Waals surface area contributed by atoms with Gasteiger partial charge in [0.05, 0.1) is 17.4 Å². The third-order valence-corrected chi connectivity index (χ3v) is 4.02. The van der Waals surface area contributed by atoms with Crippen LogP contribution in [-0.2, 0) is 10.3 Å². The molecule has 0 saturated carbocycles. The van der Waals surface area contributed by atoms with E-state index in [0.717, 1.165) is 17.0 Å². The third kappa shape index (κ3) is 2.98. The lowest BCUT2D eigenvalue weighted by Crippen LogP contribution is -2.34.